The summed E-state index contributed by atoms with van der Waals surface area (Å²) >= 11 is 3.01. The van der Waals surface area contributed by atoms with E-state index >= 15 is 0 Å². The number of hydrogen-bond donors (Lipinski definition) is 1. The number of carbonyl (C=O) groups is 2. The van der Waals surface area contributed by atoms with Gasteiger partial charge in [-0.2, -0.15) is 0 Å². The van der Waals surface area contributed by atoms with Gasteiger partial charge in [0.05, 0.1) is 34.5 Å². The van der Waals surface area contributed by atoms with Crippen LogP contribution in [0, 0.1) is 13.8 Å². The molecule has 244 valence electrons. The van der Waals surface area contributed by atoms with Gasteiger partial charge in [-0.05, 0) is 86.9 Å². The number of aryl methyl sites for hydroxylation is 2. The Hall–Kier alpha value is -4.80. The van der Waals surface area contributed by atoms with Crippen LogP contribution < -0.4 is 20.2 Å². The van der Waals surface area contributed by atoms with Crippen molar-refractivity contribution in [3.63, 3.8) is 0 Å². The number of rotatable bonds is 7. The van der Waals surface area contributed by atoms with E-state index in [0.717, 1.165) is 70.0 Å². The van der Waals surface area contributed by atoms with Crippen LogP contribution in [0.2, 0.25) is 0 Å². The quantitative estimate of drug-likeness (QED) is 0.202. The highest BCUT2D eigenvalue weighted by Crippen LogP contribution is 2.39. The number of anilines is 1. The summed E-state index contributed by atoms with van der Waals surface area (Å²) < 4.78 is 9.48. The number of aromatic nitrogens is 2. The molecule has 4 heterocycles. The van der Waals surface area contributed by atoms with Crippen molar-refractivity contribution < 1.29 is 14.3 Å². The molecule has 1 N–H and O–H groups in total. The van der Waals surface area contributed by atoms with Gasteiger partial charge in [0.15, 0.2) is 4.80 Å². The SMILES string of the molecule is CCC1=C(C(=O)OC)[C@@H](c2ccccc2)n2c(s/c(=C\c3cc(C)n(-c4sc5c(c4C(=O)Nc4ccccc4)CCCC5)c3C)c2=O)=N1. The third kappa shape index (κ3) is 5.48. The second-order valence-electron chi connectivity index (χ2n) is 12.1. The predicted molar refractivity (Wildman–Crippen MR) is 191 cm³/mol. The van der Waals surface area contributed by atoms with Crippen molar-refractivity contribution in [1.29, 1.82) is 0 Å². The molecule has 0 spiro atoms. The van der Waals surface area contributed by atoms with Gasteiger partial charge in [-0.25, -0.2) is 9.79 Å². The highest BCUT2D eigenvalue weighted by Gasteiger charge is 2.34. The minimum Gasteiger partial charge on any atom is -0.466 e. The number of fused-ring (bicyclic) bond motifs is 2. The van der Waals surface area contributed by atoms with E-state index in [4.69, 9.17) is 9.73 Å². The minimum absolute atomic E-state index is 0.105. The number of nitrogens with zero attached hydrogens (tertiary/aromatic N) is 3. The standard InChI is InChI=1S/C38H36N4O4S2/c1-5-28-32(37(45)46-4)33(24-14-8-6-9-15-24)42-35(44)30(48-38(42)40-28)21-25-20-22(2)41(23(25)3)36-31(27-18-12-13-19-29(27)47-36)34(43)39-26-16-10-7-11-17-26/h6-11,14-17,20-21,33H,5,12-13,18-19H2,1-4H3,(H,39,43)/b30-21-/t33-/m1/s1. The average molecular weight is 677 g/mol. The number of methoxy groups -OCH3 is 1. The molecule has 1 aliphatic carbocycles. The number of hydrogen-bond acceptors (Lipinski definition) is 7. The molecule has 7 rings (SSSR count). The van der Waals surface area contributed by atoms with E-state index in [1.165, 1.54) is 23.3 Å². The number of carbonyl (C=O) groups excluding carboxylic acids is 2. The highest BCUT2D eigenvalue weighted by atomic mass is 32.1. The van der Waals surface area contributed by atoms with Gasteiger partial charge in [-0.15, -0.1) is 11.3 Å². The first-order valence-corrected chi connectivity index (χ1v) is 17.8. The highest BCUT2D eigenvalue weighted by molar-refractivity contribution is 7.15. The molecule has 10 heteroatoms. The van der Waals surface area contributed by atoms with Crippen LogP contribution in [0.5, 0.6) is 0 Å². The molecule has 2 aromatic carbocycles. The van der Waals surface area contributed by atoms with Gasteiger partial charge in [-0.3, -0.25) is 14.2 Å². The number of thiophene rings is 1. The number of esters is 1. The molecule has 5 aromatic rings. The first kappa shape index (κ1) is 31.8. The predicted octanol–water partition coefficient (Wildman–Crippen LogP) is 6.40. The average Bonchev–Trinajstić information content (AvgIpc) is 3.73. The Morgan fingerprint density at radius 1 is 1.02 bits per heavy atom. The maximum absolute atomic E-state index is 14.2. The lowest BCUT2D eigenvalue weighted by molar-refractivity contribution is -0.136. The summed E-state index contributed by atoms with van der Waals surface area (Å²) in [5, 5.41) is 4.03. The lowest BCUT2D eigenvalue weighted by atomic mass is 9.95. The summed E-state index contributed by atoms with van der Waals surface area (Å²) in [5.74, 6) is -0.597. The zero-order chi connectivity index (χ0) is 33.5. The molecule has 0 saturated carbocycles. The Bertz CT molecular complexity index is 2270. The van der Waals surface area contributed by atoms with E-state index in [1.54, 1.807) is 15.9 Å². The minimum atomic E-state index is -0.650. The van der Waals surface area contributed by atoms with Crippen LogP contribution in [0.1, 0.15) is 75.5 Å². The van der Waals surface area contributed by atoms with Crippen molar-refractivity contribution in [2.75, 3.05) is 12.4 Å². The molecule has 3 aromatic heterocycles. The zero-order valence-electron chi connectivity index (χ0n) is 27.3. The number of benzene rings is 2. The molecule has 1 atom stereocenters. The number of para-hydroxylation sites is 1. The fourth-order valence-electron chi connectivity index (χ4n) is 6.86. The van der Waals surface area contributed by atoms with Crippen LogP contribution in [0.3, 0.4) is 0 Å². The van der Waals surface area contributed by atoms with E-state index in [2.05, 4.69) is 16.0 Å². The summed E-state index contributed by atoms with van der Waals surface area (Å²) in [5.41, 5.74) is 7.03. The molecular weight excluding hydrogens is 641 g/mol. The number of thiazole rings is 1. The van der Waals surface area contributed by atoms with E-state index in [-0.39, 0.29) is 11.5 Å². The molecule has 2 aliphatic rings. The lowest BCUT2D eigenvalue weighted by Crippen LogP contribution is -2.40. The van der Waals surface area contributed by atoms with Crippen LogP contribution in [-0.4, -0.2) is 28.1 Å². The van der Waals surface area contributed by atoms with Crippen molar-refractivity contribution in [2.24, 2.45) is 4.99 Å². The molecule has 0 radical (unpaired) electrons. The molecule has 0 saturated heterocycles. The zero-order valence-corrected chi connectivity index (χ0v) is 29.0. The number of nitrogens with one attached hydrogen (secondary N) is 1. The normalized spacial score (nSPS) is 15.9. The van der Waals surface area contributed by atoms with Crippen molar-refractivity contribution in [3.05, 3.63) is 136 Å². The van der Waals surface area contributed by atoms with Crippen LogP contribution in [0.25, 0.3) is 11.1 Å². The summed E-state index contributed by atoms with van der Waals surface area (Å²) in [6.07, 6.45) is 6.46. The van der Waals surface area contributed by atoms with E-state index in [0.29, 0.717) is 27.0 Å². The number of allylic oxidation sites excluding steroid dienone is 1. The largest absolute Gasteiger partial charge is 0.466 e. The second-order valence-corrected chi connectivity index (χ2v) is 14.2. The third-order valence-corrected chi connectivity index (χ3v) is 11.4. The molecule has 8 nitrogen and oxygen atoms in total. The van der Waals surface area contributed by atoms with Crippen molar-refractivity contribution in [2.45, 2.75) is 58.9 Å². The Balaban J connectivity index is 1.36. The van der Waals surface area contributed by atoms with Crippen LogP contribution in [0.4, 0.5) is 5.69 Å². The second kappa shape index (κ2) is 13.0. The Morgan fingerprint density at radius 2 is 1.73 bits per heavy atom. The maximum atomic E-state index is 14.2. The number of amides is 1. The smallest absolute Gasteiger partial charge is 0.338 e. The van der Waals surface area contributed by atoms with E-state index < -0.39 is 12.0 Å². The van der Waals surface area contributed by atoms with E-state index in [9.17, 15) is 14.4 Å². The van der Waals surface area contributed by atoms with Gasteiger partial charge < -0.3 is 14.6 Å². The first-order chi connectivity index (χ1) is 23.3. The number of ether oxygens (including phenoxy) is 1. The monoisotopic (exact) mass is 676 g/mol. The van der Waals surface area contributed by atoms with Gasteiger partial charge in [-0.1, -0.05) is 66.8 Å². The maximum Gasteiger partial charge on any atom is 0.338 e. The Labute approximate surface area is 286 Å². The lowest BCUT2D eigenvalue weighted by Gasteiger charge is -2.25. The fraction of sp³-hybridized carbons (Fsp3) is 0.263. The molecule has 0 bridgehead atoms. The topological polar surface area (TPSA) is 94.7 Å². The van der Waals surface area contributed by atoms with Crippen molar-refractivity contribution in [3.8, 4) is 5.00 Å². The van der Waals surface area contributed by atoms with Gasteiger partial charge in [0.25, 0.3) is 11.5 Å². The van der Waals surface area contributed by atoms with Gasteiger partial charge in [0, 0.05) is 22.0 Å². The Kier molecular flexibility index (Phi) is 8.61. The van der Waals surface area contributed by atoms with Gasteiger partial charge in [0.2, 0.25) is 0 Å². The molecule has 48 heavy (non-hydrogen) atoms. The molecule has 0 fully saturated rings. The van der Waals surface area contributed by atoms with Crippen LogP contribution >= 0.6 is 22.7 Å². The van der Waals surface area contributed by atoms with E-state index in [1.807, 2.05) is 87.5 Å². The van der Waals surface area contributed by atoms with Gasteiger partial charge in [0.1, 0.15) is 5.00 Å². The van der Waals surface area contributed by atoms with Crippen molar-refractivity contribution in [1.82, 2.24) is 9.13 Å². The first-order valence-electron chi connectivity index (χ1n) is 16.2. The van der Waals surface area contributed by atoms with Crippen molar-refractivity contribution >= 4 is 46.3 Å². The third-order valence-electron chi connectivity index (χ3n) is 9.14. The molecule has 0 unspecified atom stereocenters. The van der Waals surface area contributed by atoms with Gasteiger partial charge >= 0.3 is 5.97 Å². The summed E-state index contributed by atoms with van der Waals surface area (Å²) in [6.45, 7) is 6.02. The Morgan fingerprint density at radius 3 is 2.44 bits per heavy atom. The summed E-state index contributed by atoms with van der Waals surface area (Å²) in [6, 6.07) is 20.5. The molecule has 1 amide bonds. The van der Waals surface area contributed by atoms with Crippen LogP contribution in [0.15, 0.2) is 87.8 Å². The summed E-state index contributed by atoms with van der Waals surface area (Å²) in [7, 11) is 1.35. The van der Waals surface area contributed by atoms with Crippen LogP contribution in [-0.2, 0) is 22.4 Å². The molecule has 1 aliphatic heterocycles. The molecular formula is C38H36N4O4S2. The summed E-state index contributed by atoms with van der Waals surface area (Å²) in [4.78, 5) is 47.9. The fourth-order valence-corrected chi connectivity index (χ4v) is 9.37.